The van der Waals surface area contributed by atoms with E-state index in [9.17, 15) is 4.79 Å². The predicted molar refractivity (Wildman–Crippen MR) is 94.1 cm³/mol. The maximum absolute atomic E-state index is 12.6. The van der Waals surface area contributed by atoms with Crippen LogP contribution in [0.25, 0.3) is 0 Å². The molecule has 0 aromatic heterocycles. The lowest BCUT2D eigenvalue weighted by molar-refractivity contribution is -0.325. The van der Waals surface area contributed by atoms with Gasteiger partial charge in [-0.05, 0) is 39.8 Å². The van der Waals surface area contributed by atoms with Gasteiger partial charge < -0.3 is 28.4 Å². The van der Waals surface area contributed by atoms with Crippen LogP contribution >= 0.6 is 0 Å². The number of hydrogen-bond donors (Lipinski definition) is 0. The maximum Gasteiger partial charge on any atom is 0.338 e. The summed E-state index contributed by atoms with van der Waals surface area (Å²) in [4.78, 5) is 12.6. The van der Waals surface area contributed by atoms with Crippen molar-refractivity contribution in [3.8, 4) is 0 Å². The number of fused-ring (bicyclic) bond motifs is 3. The summed E-state index contributed by atoms with van der Waals surface area (Å²) in [5.74, 6) is -1.97. The molecule has 4 unspecified atom stereocenters. The molecule has 5 atom stereocenters. The summed E-state index contributed by atoms with van der Waals surface area (Å²) >= 11 is 0. The highest BCUT2D eigenvalue weighted by atomic mass is 16.8. The van der Waals surface area contributed by atoms with Gasteiger partial charge in [0.15, 0.2) is 17.7 Å². The van der Waals surface area contributed by atoms with E-state index in [2.05, 4.69) is 0 Å². The van der Waals surface area contributed by atoms with Crippen molar-refractivity contribution < 1.29 is 33.2 Å². The van der Waals surface area contributed by atoms with Crippen LogP contribution in [0.3, 0.4) is 0 Å². The van der Waals surface area contributed by atoms with Crippen LogP contribution in [-0.4, -0.2) is 61.3 Å². The van der Waals surface area contributed by atoms with Crippen molar-refractivity contribution in [2.45, 2.75) is 69.8 Å². The molecule has 0 saturated carbocycles. The van der Waals surface area contributed by atoms with E-state index in [1.165, 1.54) is 0 Å². The van der Waals surface area contributed by atoms with E-state index >= 15 is 0 Å². The van der Waals surface area contributed by atoms with Gasteiger partial charge in [0.25, 0.3) is 0 Å². The average Bonchev–Trinajstić information content (AvgIpc) is 2.88. The largest absolute Gasteiger partial charge is 0.453 e. The fourth-order valence-electron chi connectivity index (χ4n) is 3.79. The summed E-state index contributed by atoms with van der Waals surface area (Å²) in [6, 6.07) is 8.87. The molecule has 0 radical (unpaired) electrons. The molecule has 4 rings (SSSR count). The summed E-state index contributed by atoms with van der Waals surface area (Å²) in [5, 5.41) is 0. The van der Waals surface area contributed by atoms with Crippen LogP contribution in [0.2, 0.25) is 0 Å². The fourth-order valence-corrected chi connectivity index (χ4v) is 3.79. The monoisotopic (exact) mass is 378 g/mol. The lowest BCUT2D eigenvalue weighted by Gasteiger charge is -2.42. The van der Waals surface area contributed by atoms with Gasteiger partial charge in [-0.2, -0.15) is 0 Å². The van der Waals surface area contributed by atoms with Gasteiger partial charge in [-0.1, -0.05) is 18.2 Å². The molecule has 7 nitrogen and oxygen atoms in total. The van der Waals surface area contributed by atoms with Crippen LogP contribution in [0, 0.1) is 0 Å². The molecular weight excluding hydrogens is 352 g/mol. The molecule has 0 amide bonds. The Labute approximate surface area is 158 Å². The summed E-state index contributed by atoms with van der Waals surface area (Å²) in [7, 11) is 0. The molecule has 0 spiro atoms. The summed E-state index contributed by atoms with van der Waals surface area (Å²) in [6.45, 7) is 7.97. The first-order valence-electron chi connectivity index (χ1n) is 9.29. The Morgan fingerprint density at radius 3 is 2.33 bits per heavy atom. The van der Waals surface area contributed by atoms with Crippen LogP contribution in [0.1, 0.15) is 38.1 Å². The van der Waals surface area contributed by atoms with Crippen LogP contribution in [-0.2, 0) is 28.4 Å². The first-order chi connectivity index (χ1) is 12.7. The third-order valence-electron chi connectivity index (χ3n) is 4.98. The lowest BCUT2D eigenvalue weighted by Crippen LogP contribution is -2.55. The van der Waals surface area contributed by atoms with E-state index in [0.717, 1.165) is 0 Å². The van der Waals surface area contributed by atoms with E-state index in [-0.39, 0.29) is 18.8 Å². The average molecular weight is 378 g/mol. The van der Waals surface area contributed by atoms with Crippen molar-refractivity contribution >= 4 is 5.97 Å². The molecule has 3 fully saturated rings. The number of benzene rings is 1. The van der Waals surface area contributed by atoms with Crippen LogP contribution in [0.15, 0.2) is 30.3 Å². The van der Waals surface area contributed by atoms with Crippen molar-refractivity contribution in [3.63, 3.8) is 0 Å². The number of carbonyl (C=O) groups excluding carboxylic acids is 1. The number of ether oxygens (including phenoxy) is 6. The number of carbonyl (C=O) groups is 1. The second-order valence-corrected chi connectivity index (χ2v) is 8.04. The molecule has 3 aliphatic heterocycles. The quantitative estimate of drug-likeness (QED) is 0.731. The molecule has 3 saturated heterocycles. The summed E-state index contributed by atoms with van der Waals surface area (Å²) < 4.78 is 35.8. The third-order valence-corrected chi connectivity index (χ3v) is 4.98. The van der Waals surface area contributed by atoms with Gasteiger partial charge in [0.1, 0.15) is 24.4 Å². The molecule has 0 bridgehead atoms. The highest BCUT2D eigenvalue weighted by Crippen LogP contribution is 2.40. The van der Waals surface area contributed by atoms with Crippen molar-refractivity contribution in [2.75, 3.05) is 13.2 Å². The van der Waals surface area contributed by atoms with Crippen LogP contribution < -0.4 is 0 Å². The Morgan fingerprint density at radius 2 is 1.59 bits per heavy atom. The molecule has 1 aromatic carbocycles. The van der Waals surface area contributed by atoms with Crippen molar-refractivity contribution in [1.29, 1.82) is 0 Å². The Balaban J connectivity index is 1.58. The SMILES string of the molecule is CC1(C)OC2C(OC(=O)c3ccccc3)COC3COC(C)(C)O[C@H]3C2O1. The molecule has 0 aliphatic carbocycles. The molecule has 27 heavy (non-hydrogen) atoms. The van der Waals surface area contributed by atoms with Gasteiger partial charge in [0, 0.05) is 0 Å². The number of esters is 1. The Kier molecular flexibility index (Phi) is 4.76. The minimum atomic E-state index is -0.805. The highest BCUT2D eigenvalue weighted by molar-refractivity contribution is 5.89. The van der Waals surface area contributed by atoms with Gasteiger partial charge in [0.05, 0.1) is 18.8 Å². The lowest BCUT2D eigenvalue weighted by atomic mass is 10.00. The first kappa shape index (κ1) is 18.8. The van der Waals surface area contributed by atoms with Gasteiger partial charge in [-0.25, -0.2) is 4.79 Å². The van der Waals surface area contributed by atoms with E-state index in [1.54, 1.807) is 24.3 Å². The zero-order chi connectivity index (χ0) is 19.2. The van der Waals surface area contributed by atoms with Gasteiger partial charge in [0.2, 0.25) is 0 Å². The van der Waals surface area contributed by atoms with Gasteiger partial charge in [-0.3, -0.25) is 0 Å². The zero-order valence-electron chi connectivity index (χ0n) is 16.0. The standard InChI is InChI=1S/C20H26O7/c1-19(2)23-11-13-15(25-19)17-16(26-20(3,4)27-17)14(10-22-13)24-18(21)12-8-6-5-7-9-12/h5-9,13-17H,10-11H2,1-4H3/t13?,14?,15-,16?,17?/m1/s1. The normalized spacial score (nSPS) is 37.0. The minimum absolute atomic E-state index is 0.188. The number of hydrogen-bond acceptors (Lipinski definition) is 7. The predicted octanol–water partition coefficient (Wildman–Crippen LogP) is 2.28. The zero-order valence-corrected chi connectivity index (χ0v) is 16.0. The molecule has 3 heterocycles. The van der Waals surface area contributed by atoms with Gasteiger partial charge >= 0.3 is 5.97 Å². The molecular formula is C20H26O7. The smallest absolute Gasteiger partial charge is 0.338 e. The molecule has 0 N–H and O–H groups in total. The van der Waals surface area contributed by atoms with Crippen molar-refractivity contribution in [2.24, 2.45) is 0 Å². The molecule has 7 heteroatoms. The Hall–Kier alpha value is -1.51. The number of rotatable bonds is 2. The Morgan fingerprint density at radius 1 is 0.926 bits per heavy atom. The second-order valence-electron chi connectivity index (χ2n) is 8.04. The molecule has 3 aliphatic rings. The second kappa shape index (κ2) is 6.83. The molecule has 1 aromatic rings. The van der Waals surface area contributed by atoms with Crippen molar-refractivity contribution in [1.82, 2.24) is 0 Å². The van der Waals surface area contributed by atoms with E-state index in [1.807, 2.05) is 33.8 Å². The van der Waals surface area contributed by atoms with Crippen molar-refractivity contribution in [3.05, 3.63) is 35.9 Å². The maximum atomic E-state index is 12.6. The third kappa shape index (κ3) is 3.88. The van der Waals surface area contributed by atoms with Crippen LogP contribution in [0.4, 0.5) is 0 Å². The van der Waals surface area contributed by atoms with E-state index in [4.69, 9.17) is 28.4 Å². The first-order valence-corrected chi connectivity index (χ1v) is 9.29. The summed E-state index contributed by atoms with van der Waals surface area (Å²) in [5.41, 5.74) is 0.481. The molecule has 148 valence electrons. The topological polar surface area (TPSA) is 72.5 Å². The highest BCUT2D eigenvalue weighted by Gasteiger charge is 2.56. The summed E-state index contributed by atoms with van der Waals surface area (Å²) in [6.07, 6.45) is -2.22. The van der Waals surface area contributed by atoms with E-state index < -0.39 is 35.9 Å². The minimum Gasteiger partial charge on any atom is -0.453 e. The Bertz CT molecular complexity index is 687. The fraction of sp³-hybridized carbons (Fsp3) is 0.650. The van der Waals surface area contributed by atoms with Crippen LogP contribution in [0.5, 0.6) is 0 Å². The van der Waals surface area contributed by atoms with Gasteiger partial charge in [-0.15, -0.1) is 0 Å². The van der Waals surface area contributed by atoms with E-state index in [0.29, 0.717) is 12.2 Å².